The lowest BCUT2D eigenvalue weighted by Gasteiger charge is -2.30. The number of aromatic hydroxyl groups is 1. The maximum Gasteiger partial charge on any atom is 0.271 e. The number of phenols is 1. The van der Waals surface area contributed by atoms with Crippen molar-refractivity contribution in [2.45, 2.75) is 18.9 Å². The minimum absolute atomic E-state index is 0.000403. The summed E-state index contributed by atoms with van der Waals surface area (Å²) in [7, 11) is 1.50. The first kappa shape index (κ1) is 21.6. The van der Waals surface area contributed by atoms with E-state index in [0.29, 0.717) is 20.6 Å². The molecule has 0 saturated carbocycles. The number of benzene rings is 2. The number of hydrogen-bond acceptors (Lipinski definition) is 6. The monoisotopic (exact) mass is 550 g/mol. The van der Waals surface area contributed by atoms with E-state index in [1.54, 1.807) is 29.5 Å². The number of allylic oxidation sites excluding steroid dienone is 1. The first-order valence-electron chi connectivity index (χ1n) is 10.8. The van der Waals surface area contributed by atoms with Gasteiger partial charge in [-0.05, 0) is 53.6 Å². The number of rotatable bonds is 3. The van der Waals surface area contributed by atoms with Gasteiger partial charge in [0.25, 0.3) is 5.56 Å². The van der Waals surface area contributed by atoms with Gasteiger partial charge in [-0.2, -0.15) is 0 Å². The van der Waals surface area contributed by atoms with E-state index in [-0.39, 0.29) is 17.4 Å². The van der Waals surface area contributed by atoms with E-state index in [4.69, 9.17) is 9.73 Å². The number of aryl methyl sites for hydroxylation is 1. The van der Waals surface area contributed by atoms with Crippen molar-refractivity contribution in [1.82, 2.24) is 4.57 Å². The Hall–Kier alpha value is -2.94. The minimum Gasteiger partial charge on any atom is -0.504 e. The highest BCUT2D eigenvalue weighted by molar-refractivity contribution is 9.10. The second-order valence-electron chi connectivity index (χ2n) is 8.18. The van der Waals surface area contributed by atoms with Crippen LogP contribution in [0.5, 0.6) is 11.5 Å². The average Bonchev–Trinajstić information content (AvgIpc) is 3.48. The summed E-state index contributed by atoms with van der Waals surface area (Å²) in [6.45, 7) is 0. The van der Waals surface area contributed by atoms with Crippen molar-refractivity contribution in [1.29, 1.82) is 0 Å². The molecule has 170 valence electrons. The van der Waals surface area contributed by atoms with E-state index < -0.39 is 0 Å². The quantitative estimate of drug-likeness (QED) is 0.396. The SMILES string of the molecule is COc1cc(Br)cc(/C=c2/sc3n(c2=O)[C@@H](c2cccs2)C2=C(N=3)c3ccccc3CC2)c1O. The van der Waals surface area contributed by atoms with Crippen LogP contribution in [0.4, 0.5) is 0 Å². The van der Waals surface area contributed by atoms with Gasteiger partial charge >= 0.3 is 0 Å². The Balaban J connectivity index is 1.62. The molecule has 2 aliphatic rings. The van der Waals surface area contributed by atoms with Gasteiger partial charge in [-0.3, -0.25) is 9.36 Å². The molecular weight excluding hydrogens is 532 g/mol. The number of fused-ring (bicyclic) bond motifs is 3. The van der Waals surface area contributed by atoms with Crippen LogP contribution in [0.2, 0.25) is 0 Å². The maximum absolute atomic E-state index is 13.7. The van der Waals surface area contributed by atoms with Gasteiger partial charge in [0.2, 0.25) is 0 Å². The molecule has 0 amide bonds. The predicted octanol–water partition coefficient (Wildman–Crippen LogP) is 4.86. The highest BCUT2D eigenvalue weighted by Gasteiger charge is 2.33. The molecule has 1 N–H and O–H groups in total. The molecule has 5 nitrogen and oxygen atoms in total. The third kappa shape index (κ3) is 3.40. The van der Waals surface area contributed by atoms with Crippen molar-refractivity contribution >= 4 is 50.4 Å². The van der Waals surface area contributed by atoms with E-state index in [1.807, 2.05) is 22.1 Å². The molecule has 0 saturated heterocycles. The van der Waals surface area contributed by atoms with Gasteiger partial charge in [0.1, 0.15) is 0 Å². The van der Waals surface area contributed by atoms with Gasteiger partial charge in [-0.1, -0.05) is 57.6 Å². The lowest BCUT2D eigenvalue weighted by molar-refractivity contribution is 0.372. The standard InChI is InChI=1S/C26H19BrN2O3S2/c1-32-19-13-16(27)11-15(24(19)30)12-21-25(31)29-23(20-7-4-10-33-20)18-9-8-14-5-2-3-6-17(14)22(18)28-26(29)34-21/h2-7,10-13,23,30H,8-9H2,1H3/b21-12+/t23-/m1/s1. The van der Waals surface area contributed by atoms with Crippen LogP contribution in [0.1, 0.15) is 34.0 Å². The number of hydrogen-bond donors (Lipinski definition) is 1. The number of ether oxygens (including phenoxy) is 1. The van der Waals surface area contributed by atoms with E-state index in [0.717, 1.165) is 33.5 Å². The zero-order chi connectivity index (χ0) is 23.4. The lowest BCUT2D eigenvalue weighted by Crippen LogP contribution is -2.38. The van der Waals surface area contributed by atoms with Crippen molar-refractivity contribution in [3.05, 3.63) is 105 Å². The maximum atomic E-state index is 13.7. The molecule has 2 aromatic heterocycles. The second kappa shape index (κ2) is 8.37. The Morgan fingerprint density at radius 1 is 1.21 bits per heavy atom. The molecule has 2 aromatic carbocycles. The van der Waals surface area contributed by atoms with Crippen molar-refractivity contribution in [2.75, 3.05) is 7.11 Å². The second-order valence-corrected chi connectivity index (χ2v) is 11.1. The fourth-order valence-corrected chi connectivity index (χ4v) is 7.01. The van der Waals surface area contributed by atoms with E-state index in [2.05, 4.69) is 40.2 Å². The molecule has 0 spiro atoms. The Morgan fingerprint density at radius 2 is 2.06 bits per heavy atom. The smallest absolute Gasteiger partial charge is 0.271 e. The van der Waals surface area contributed by atoms with Gasteiger partial charge in [-0.15, -0.1) is 11.3 Å². The zero-order valence-electron chi connectivity index (χ0n) is 18.1. The van der Waals surface area contributed by atoms with E-state index >= 15 is 0 Å². The number of phenolic OH excluding ortho intramolecular Hbond substituents is 1. The van der Waals surface area contributed by atoms with Gasteiger partial charge < -0.3 is 9.84 Å². The minimum atomic E-state index is -0.174. The summed E-state index contributed by atoms with van der Waals surface area (Å²) in [6.07, 6.45) is 3.52. The molecule has 0 unspecified atom stereocenters. The number of methoxy groups -OCH3 is 1. The van der Waals surface area contributed by atoms with Crippen LogP contribution in [0.25, 0.3) is 11.8 Å². The van der Waals surface area contributed by atoms with Gasteiger partial charge in [0.05, 0.1) is 23.4 Å². The Labute approximate surface area is 211 Å². The fraction of sp³-hybridized carbons (Fsp3) is 0.154. The Kier molecular flexibility index (Phi) is 5.32. The third-order valence-corrected chi connectivity index (χ3v) is 8.63. The molecule has 0 fully saturated rings. The summed E-state index contributed by atoms with van der Waals surface area (Å²) < 4.78 is 8.37. The molecule has 0 bridgehead atoms. The average molecular weight is 551 g/mol. The van der Waals surface area contributed by atoms with Crippen molar-refractivity contribution in [3.63, 3.8) is 0 Å². The third-order valence-electron chi connectivity index (χ3n) is 6.26. The van der Waals surface area contributed by atoms with Crippen molar-refractivity contribution < 1.29 is 9.84 Å². The molecule has 1 aliphatic carbocycles. The summed E-state index contributed by atoms with van der Waals surface area (Å²) in [5, 5.41) is 12.7. The largest absolute Gasteiger partial charge is 0.504 e. The first-order chi connectivity index (χ1) is 16.5. The molecule has 4 aromatic rings. The van der Waals surface area contributed by atoms with Crippen LogP contribution in [0, 0.1) is 0 Å². The van der Waals surface area contributed by atoms with Crippen LogP contribution in [-0.2, 0) is 6.42 Å². The summed E-state index contributed by atoms with van der Waals surface area (Å²) in [5.74, 6) is 0.344. The van der Waals surface area contributed by atoms with Crippen LogP contribution < -0.4 is 19.6 Å². The lowest BCUT2D eigenvalue weighted by atomic mass is 9.85. The number of halogens is 1. The van der Waals surface area contributed by atoms with Crippen molar-refractivity contribution in [2.24, 2.45) is 4.99 Å². The first-order valence-corrected chi connectivity index (χ1v) is 13.3. The van der Waals surface area contributed by atoms with Crippen LogP contribution in [0.3, 0.4) is 0 Å². The highest BCUT2D eigenvalue weighted by Crippen LogP contribution is 2.42. The predicted molar refractivity (Wildman–Crippen MR) is 139 cm³/mol. The van der Waals surface area contributed by atoms with Crippen LogP contribution in [-0.4, -0.2) is 16.8 Å². The molecule has 1 atom stereocenters. The zero-order valence-corrected chi connectivity index (χ0v) is 21.3. The van der Waals surface area contributed by atoms with Gasteiger partial charge in [-0.25, -0.2) is 4.99 Å². The van der Waals surface area contributed by atoms with Gasteiger partial charge in [0, 0.05) is 20.5 Å². The van der Waals surface area contributed by atoms with Crippen molar-refractivity contribution in [3.8, 4) is 11.5 Å². The molecule has 1 aliphatic heterocycles. The number of thiazole rings is 1. The molecule has 8 heteroatoms. The molecule has 34 heavy (non-hydrogen) atoms. The normalized spacial score (nSPS) is 17.1. The van der Waals surface area contributed by atoms with Crippen LogP contribution in [0.15, 0.2) is 73.7 Å². The van der Waals surface area contributed by atoms with E-state index in [9.17, 15) is 9.90 Å². The van der Waals surface area contributed by atoms with Gasteiger partial charge in [0.15, 0.2) is 16.3 Å². The highest BCUT2D eigenvalue weighted by atomic mass is 79.9. The topological polar surface area (TPSA) is 63.8 Å². The Bertz CT molecular complexity index is 1650. The molecular formula is C26H19BrN2O3S2. The Morgan fingerprint density at radius 3 is 2.85 bits per heavy atom. The number of nitrogens with zero attached hydrogens (tertiary/aromatic N) is 2. The van der Waals surface area contributed by atoms with Crippen LogP contribution >= 0.6 is 38.6 Å². The summed E-state index contributed by atoms with van der Waals surface area (Å²) in [5.41, 5.74) is 5.02. The summed E-state index contributed by atoms with van der Waals surface area (Å²) >= 11 is 6.46. The molecule has 3 heterocycles. The molecule has 6 rings (SSSR count). The summed E-state index contributed by atoms with van der Waals surface area (Å²) in [4.78, 5) is 20.5. The number of aromatic nitrogens is 1. The molecule has 0 radical (unpaired) electrons. The van der Waals surface area contributed by atoms with E-state index in [1.165, 1.54) is 29.6 Å². The summed E-state index contributed by atoms with van der Waals surface area (Å²) in [6, 6.07) is 15.8. The fourth-order valence-electron chi connectivity index (χ4n) is 4.72. The number of thiophene rings is 1.